The topological polar surface area (TPSA) is 66.4 Å². The van der Waals surface area contributed by atoms with Crippen molar-refractivity contribution in [3.63, 3.8) is 0 Å². The highest BCUT2D eigenvalue weighted by molar-refractivity contribution is 6.03. The molecule has 0 saturated heterocycles. The summed E-state index contributed by atoms with van der Waals surface area (Å²) < 4.78 is 36.4. The van der Waals surface area contributed by atoms with E-state index in [2.05, 4.69) is 0 Å². The Morgan fingerprint density at radius 1 is 1.22 bits per heavy atom. The van der Waals surface area contributed by atoms with Crippen molar-refractivity contribution in [2.75, 3.05) is 5.32 Å². The van der Waals surface area contributed by atoms with Gasteiger partial charge in [0.1, 0.15) is 0 Å². The number of hydrogen-bond acceptors (Lipinski definition) is 2. The molecule has 4 nitrogen and oxygen atoms in total. The Kier molecular flexibility index (Phi) is 3.64. The minimum absolute atomic E-state index is 0.285. The zero-order valence-corrected chi connectivity index (χ0v) is 9.55. The average Bonchev–Trinajstić information content (AvgIpc) is 2.23. The molecule has 0 heterocycles. The quantitative estimate of drug-likeness (QED) is 0.859. The van der Waals surface area contributed by atoms with Gasteiger partial charge in [0.25, 0.3) is 0 Å². The van der Waals surface area contributed by atoms with Crippen molar-refractivity contribution in [3.05, 3.63) is 28.8 Å². The van der Waals surface area contributed by atoms with Crippen LogP contribution in [0.15, 0.2) is 12.1 Å². The molecule has 0 aliphatic rings. The zero-order chi connectivity index (χ0) is 14.1. The van der Waals surface area contributed by atoms with Crippen LogP contribution in [0, 0.1) is 13.8 Å². The minimum Gasteiger partial charge on any atom is -0.478 e. The monoisotopic (exact) mass is 261 g/mol. The van der Waals surface area contributed by atoms with E-state index in [0.717, 1.165) is 6.07 Å². The second kappa shape index (κ2) is 4.67. The molecular weight excluding hydrogens is 251 g/mol. The molecular formula is C11H10F3NO3. The van der Waals surface area contributed by atoms with Gasteiger partial charge in [-0.25, -0.2) is 4.79 Å². The van der Waals surface area contributed by atoms with Crippen LogP contribution in [0.1, 0.15) is 21.5 Å². The highest BCUT2D eigenvalue weighted by Gasteiger charge is 2.39. The molecule has 0 fully saturated rings. The van der Waals surface area contributed by atoms with Crippen LogP contribution in [0.25, 0.3) is 0 Å². The van der Waals surface area contributed by atoms with E-state index >= 15 is 0 Å². The lowest BCUT2D eigenvalue weighted by Gasteiger charge is -2.14. The highest BCUT2D eigenvalue weighted by atomic mass is 19.4. The van der Waals surface area contributed by atoms with E-state index in [-0.39, 0.29) is 16.8 Å². The van der Waals surface area contributed by atoms with Crippen LogP contribution < -0.4 is 5.32 Å². The predicted molar refractivity (Wildman–Crippen MR) is 57.6 cm³/mol. The summed E-state index contributed by atoms with van der Waals surface area (Å²) in [6, 6.07) is 2.61. The molecule has 0 radical (unpaired) electrons. The smallest absolute Gasteiger partial charge is 0.471 e. The number of benzene rings is 1. The summed E-state index contributed by atoms with van der Waals surface area (Å²) in [6.45, 7) is 3.04. The Morgan fingerprint density at radius 3 is 2.22 bits per heavy atom. The lowest BCUT2D eigenvalue weighted by atomic mass is 10.0. The second-order valence-electron chi connectivity index (χ2n) is 3.69. The van der Waals surface area contributed by atoms with Crippen LogP contribution >= 0.6 is 0 Å². The van der Waals surface area contributed by atoms with Crippen LogP contribution in [0.3, 0.4) is 0 Å². The van der Waals surface area contributed by atoms with E-state index < -0.39 is 18.1 Å². The molecule has 0 bridgehead atoms. The molecule has 1 amide bonds. The third-order valence-electron chi connectivity index (χ3n) is 2.46. The molecule has 0 saturated carbocycles. The number of aryl methyl sites for hydroxylation is 1. The first kappa shape index (κ1) is 14.0. The number of carbonyl (C=O) groups excluding carboxylic acids is 1. The largest absolute Gasteiger partial charge is 0.478 e. The van der Waals surface area contributed by atoms with Crippen LogP contribution in [0.2, 0.25) is 0 Å². The number of nitrogens with one attached hydrogen (secondary N) is 1. The number of hydrogen-bond donors (Lipinski definition) is 2. The number of rotatable bonds is 2. The lowest BCUT2D eigenvalue weighted by molar-refractivity contribution is -0.167. The maximum Gasteiger partial charge on any atom is 0.471 e. The van der Waals surface area contributed by atoms with Gasteiger partial charge >= 0.3 is 18.1 Å². The van der Waals surface area contributed by atoms with Gasteiger partial charge in [-0.15, -0.1) is 0 Å². The molecule has 0 atom stereocenters. The Morgan fingerprint density at radius 2 is 1.78 bits per heavy atom. The van der Waals surface area contributed by atoms with Crippen LogP contribution in [-0.4, -0.2) is 23.2 Å². The number of carboxylic acid groups (broad SMARTS) is 1. The molecule has 7 heteroatoms. The molecule has 1 aromatic carbocycles. The summed E-state index contributed by atoms with van der Waals surface area (Å²) >= 11 is 0. The van der Waals surface area contributed by atoms with Crippen molar-refractivity contribution >= 4 is 17.6 Å². The molecule has 1 aromatic rings. The van der Waals surface area contributed by atoms with E-state index in [4.69, 9.17) is 5.11 Å². The molecule has 0 aliphatic heterocycles. The van der Waals surface area contributed by atoms with Crippen LogP contribution in [0.5, 0.6) is 0 Å². The van der Waals surface area contributed by atoms with Gasteiger partial charge in [-0.2, -0.15) is 13.2 Å². The van der Waals surface area contributed by atoms with Crippen LogP contribution in [-0.2, 0) is 4.79 Å². The predicted octanol–water partition coefficient (Wildman–Crippen LogP) is 2.50. The fraction of sp³-hybridized carbons (Fsp3) is 0.273. The number of carbonyl (C=O) groups is 2. The maximum atomic E-state index is 12.1. The number of aromatic carboxylic acids is 1. The van der Waals surface area contributed by atoms with Crippen molar-refractivity contribution in [2.24, 2.45) is 0 Å². The summed E-state index contributed by atoms with van der Waals surface area (Å²) in [5.41, 5.74) is 0.158. The molecule has 0 spiro atoms. The minimum atomic E-state index is -5.06. The first-order valence-corrected chi connectivity index (χ1v) is 4.86. The van der Waals surface area contributed by atoms with Gasteiger partial charge in [0, 0.05) is 0 Å². The number of amides is 1. The van der Waals surface area contributed by atoms with Gasteiger partial charge in [0.15, 0.2) is 0 Å². The highest BCUT2D eigenvalue weighted by Crippen LogP contribution is 2.26. The van der Waals surface area contributed by atoms with Gasteiger partial charge in [-0.1, -0.05) is 6.07 Å². The second-order valence-corrected chi connectivity index (χ2v) is 3.69. The molecule has 0 unspecified atom stereocenters. The summed E-state index contributed by atoms with van der Waals surface area (Å²) in [5, 5.41) is 10.5. The van der Waals surface area contributed by atoms with Crippen molar-refractivity contribution in [2.45, 2.75) is 20.0 Å². The first-order valence-electron chi connectivity index (χ1n) is 4.86. The maximum absolute atomic E-state index is 12.1. The van der Waals surface area contributed by atoms with Gasteiger partial charge in [0.2, 0.25) is 0 Å². The Hall–Kier alpha value is -2.05. The summed E-state index contributed by atoms with van der Waals surface area (Å²) in [7, 11) is 0. The Bertz CT molecular complexity index is 509. The summed E-state index contributed by atoms with van der Waals surface area (Å²) in [5.74, 6) is -3.60. The molecule has 2 N–H and O–H groups in total. The van der Waals surface area contributed by atoms with E-state index in [9.17, 15) is 22.8 Å². The van der Waals surface area contributed by atoms with E-state index in [0.29, 0.717) is 5.56 Å². The fourth-order valence-electron chi connectivity index (χ4n) is 1.34. The Labute approximate surface area is 100 Å². The SMILES string of the molecule is Cc1ccc(C(=O)O)c(NC(=O)C(F)(F)F)c1C. The molecule has 0 aliphatic carbocycles. The van der Waals surface area contributed by atoms with E-state index in [1.807, 2.05) is 0 Å². The Balaban J connectivity index is 3.26. The normalized spacial score (nSPS) is 11.2. The number of halogens is 3. The van der Waals surface area contributed by atoms with E-state index in [1.54, 1.807) is 12.2 Å². The fourth-order valence-corrected chi connectivity index (χ4v) is 1.34. The number of carboxylic acids is 1. The third kappa shape index (κ3) is 2.79. The van der Waals surface area contributed by atoms with Crippen molar-refractivity contribution < 1.29 is 27.9 Å². The number of alkyl halides is 3. The summed E-state index contributed by atoms with van der Waals surface area (Å²) in [6.07, 6.45) is -5.06. The standard InChI is InChI=1S/C11H10F3NO3/c1-5-3-4-7(9(16)17)8(6(5)2)15-10(18)11(12,13)14/h3-4H,1-2H3,(H,15,18)(H,16,17). The molecule has 98 valence electrons. The van der Waals surface area contributed by atoms with Crippen molar-refractivity contribution in [3.8, 4) is 0 Å². The number of anilines is 1. The lowest BCUT2D eigenvalue weighted by Crippen LogP contribution is -2.31. The van der Waals surface area contributed by atoms with Gasteiger partial charge in [-0.3, -0.25) is 4.79 Å². The van der Waals surface area contributed by atoms with Crippen molar-refractivity contribution in [1.82, 2.24) is 0 Å². The van der Waals surface area contributed by atoms with Gasteiger partial charge in [-0.05, 0) is 31.0 Å². The molecule has 18 heavy (non-hydrogen) atoms. The van der Waals surface area contributed by atoms with E-state index in [1.165, 1.54) is 13.0 Å². The first-order chi connectivity index (χ1) is 8.14. The van der Waals surface area contributed by atoms with Crippen LogP contribution in [0.4, 0.5) is 18.9 Å². The average molecular weight is 261 g/mol. The van der Waals surface area contributed by atoms with Gasteiger partial charge < -0.3 is 10.4 Å². The zero-order valence-electron chi connectivity index (χ0n) is 9.55. The summed E-state index contributed by atoms with van der Waals surface area (Å²) in [4.78, 5) is 21.7. The van der Waals surface area contributed by atoms with Gasteiger partial charge in [0.05, 0.1) is 11.3 Å². The molecule has 0 aromatic heterocycles. The van der Waals surface area contributed by atoms with Crippen molar-refractivity contribution in [1.29, 1.82) is 0 Å². The molecule has 1 rings (SSSR count). The third-order valence-corrected chi connectivity index (χ3v) is 2.46.